The second-order valence-electron chi connectivity index (χ2n) is 4.88. The van der Waals surface area contributed by atoms with Gasteiger partial charge in [0, 0.05) is 38.7 Å². The van der Waals surface area contributed by atoms with Gasteiger partial charge in [-0.2, -0.15) is 0 Å². The molecule has 1 aromatic carbocycles. The second kappa shape index (κ2) is 6.17. The lowest BCUT2D eigenvalue weighted by Crippen LogP contribution is -2.33. The number of nitrogens with zero attached hydrogens (tertiary/aromatic N) is 2. The van der Waals surface area contributed by atoms with Gasteiger partial charge in [0.15, 0.2) is 0 Å². The zero-order valence-corrected chi connectivity index (χ0v) is 12.3. The fourth-order valence-corrected chi connectivity index (χ4v) is 2.52. The normalized spacial score (nSPS) is 15.9. The summed E-state index contributed by atoms with van der Waals surface area (Å²) >= 11 is 4.84. The number of carbonyl (C=O) groups excluding carboxylic acids is 1. The summed E-state index contributed by atoms with van der Waals surface area (Å²) in [6.45, 7) is 4.26. The van der Waals surface area contributed by atoms with Crippen LogP contribution in [0.1, 0.15) is 18.9 Å². The van der Waals surface area contributed by atoms with Crippen molar-refractivity contribution in [3.8, 4) is 0 Å². The van der Waals surface area contributed by atoms with Crippen LogP contribution in [0.5, 0.6) is 0 Å². The molecular formula is C14H18FN3OS. The van der Waals surface area contributed by atoms with Gasteiger partial charge < -0.3 is 15.5 Å². The number of nitrogens with two attached hydrogens (primary N) is 1. The highest BCUT2D eigenvalue weighted by atomic mass is 32.1. The Labute approximate surface area is 123 Å². The van der Waals surface area contributed by atoms with Gasteiger partial charge in [-0.3, -0.25) is 4.79 Å². The molecule has 0 saturated carbocycles. The second-order valence-corrected chi connectivity index (χ2v) is 5.32. The van der Waals surface area contributed by atoms with Gasteiger partial charge in [-0.1, -0.05) is 12.2 Å². The van der Waals surface area contributed by atoms with Gasteiger partial charge in [-0.25, -0.2) is 4.39 Å². The van der Waals surface area contributed by atoms with Crippen molar-refractivity contribution in [1.29, 1.82) is 0 Å². The standard InChI is InChI=1S/C14H18FN3OS/c1-10(19)17-5-2-6-18(8-7-17)13-4-3-11(14(16)20)9-12(13)15/h3-4,9H,2,5-8H2,1H3,(H2,16,20). The Morgan fingerprint density at radius 1 is 1.30 bits per heavy atom. The summed E-state index contributed by atoms with van der Waals surface area (Å²) < 4.78 is 14.1. The minimum absolute atomic E-state index is 0.0659. The number of halogens is 1. The van der Waals surface area contributed by atoms with E-state index in [9.17, 15) is 9.18 Å². The third-order valence-electron chi connectivity index (χ3n) is 3.51. The molecule has 108 valence electrons. The van der Waals surface area contributed by atoms with E-state index in [4.69, 9.17) is 18.0 Å². The van der Waals surface area contributed by atoms with E-state index in [0.29, 0.717) is 24.3 Å². The number of anilines is 1. The maximum atomic E-state index is 14.1. The number of thiocarbonyl (C=S) groups is 1. The zero-order valence-electron chi connectivity index (χ0n) is 11.4. The summed E-state index contributed by atoms with van der Waals surface area (Å²) in [5.41, 5.74) is 6.56. The van der Waals surface area contributed by atoms with E-state index >= 15 is 0 Å². The molecule has 2 N–H and O–H groups in total. The minimum Gasteiger partial charge on any atom is -0.389 e. The molecule has 1 amide bonds. The maximum Gasteiger partial charge on any atom is 0.219 e. The van der Waals surface area contributed by atoms with Gasteiger partial charge in [0.25, 0.3) is 0 Å². The van der Waals surface area contributed by atoms with Crippen LogP contribution in [0.4, 0.5) is 10.1 Å². The fourth-order valence-electron chi connectivity index (χ4n) is 2.39. The lowest BCUT2D eigenvalue weighted by molar-refractivity contribution is -0.128. The quantitative estimate of drug-likeness (QED) is 0.841. The van der Waals surface area contributed by atoms with Crippen molar-refractivity contribution < 1.29 is 9.18 Å². The highest BCUT2D eigenvalue weighted by Crippen LogP contribution is 2.22. The molecule has 4 nitrogen and oxygen atoms in total. The first kappa shape index (κ1) is 14.7. The Hall–Kier alpha value is -1.69. The highest BCUT2D eigenvalue weighted by molar-refractivity contribution is 7.80. The van der Waals surface area contributed by atoms with Crippen molar-refractivity contribution in [2.45, 2.75) is 13.3 Å². The SMILES string of the molecule is CC(=O)N1CCCN(c2ccc(C(N)=S)cc2F)CC1. The molecule has 0 bridgehead atoms. The zero-order chi connectivity index (χ0) is 14.7. The van der Waals surface area contributed by atoms with E-state index in [1.807, 2.05) is 4.90 Å². The fraction of sp³-hybridized carbons (Fsp3) is 0.429. The molecule has 1 fully saturated rings. The molecule has 0 spiro atoms. The first-order valence-corrected chi connectivity index (χ1v) is 6.99. The number of rotatable bonds is 2. The first-order chi connectivity index (χ1) is 9.49. The van der Waals surface area contributed by atoms with E-state index in [1.54, 1.807) is 24.0 Å². The van der Waals surface area contributed by atoms with Crippen LogP contribution in [0.3, 0.4) is 0 Å². The van der Waals surface area contributed by atoms with Crippen molar-refractivity contribution in [1.82, 2.24) is 4.90 Å². The molecular weight excluding hydrogens is 277 g/mol. The summed E-state index contributed by atoms with van der Waals surface area (Å²) in [5.74, 6) is -0.261. The van der Waals surface area contributed by atoms with E-state index < -0.39 is 0 Å². The van der Waals surface area contributed by atoms with Gasteiger partial charge >= 0.3 is 0 Å². The Balaban J connectivity index is 2.15. The van der Waals surface area contributed by atoms with Crippen LogP contribution >= 0.6 is 12.2 Å². The van der Waals surface area contributed by atoms with E-state index in [-0.39, 0.29) is 16.7 Å². The molecule has 0 aliphatic carbocycles. The summed E-state index contributed by atoms with van der Waals surface area (Å²) in [4.78, 5) is 15.3. The smallest absolute Gasteiger partial charge is 0.219 e. The van der Waals surface area contributed by atoms with Gasteiger partial charge in [0.2, 0.25) is 5.91 Å². The average molecular weight is 295 g/mol. The summed E-state index contributed by atoms with van der Waals surface area (Å²) in [5, 5.41) is 0. The molecule has 2 rings (SSSR count). The lowest BCUT2D eigenvalue weighted by atomic mass is 10.1. The molecule has 1 saturated heterocycles. The van der Waals surface area contributed by atoms with Crippen molar-refractivity contribution in [2.75, 3.05) is 31.1 Å². The van der Waals surface area contributed by atoms with Crippen LogP contribution in [-0.4, -0.2) is 42.0 Å². The average Bonchev–Trinajstić information content (AvgIpc) is 2.64. The van der Waals surface area contributed by atoms with Crippen LogP contribution in [0, 0.1) is 5.82 Å². The van der Waals surface area contributed by atoms with Crippen LogP contribution < -0.4 is 10.6 Å². The number of hydrogen-bond donors (Lipinski definition) is 1. The van der Waals surface area contributed by atoms with Crippen LogP contribution in [0.15, 0.2) is 18.2 Å². The van der Waals surface area contributed by atoms with Gasteiger partial charge in [-0.05, 0) is 24.6 Å². The monoisotopic (exact) mass is 295 g/mol. The van der Waals surface area contributed by atoms with Gasteiger partial charge in [-0.15, -0.1) is 0 Å². The van der Waals surface area contributed by atoms with Crippen molar-refractivity contribution >= 4 is 28.8 Å². The maximum absolute atomic E-state index is 14.1. The number of benzene rings is 1. The summed E-state index contributed by atoms with van der Waals surface area (Å²) in [6.07, 6.45) is 0.829. The van der Waals surface area contributed by atoms with E-state index in [0.717, 1.165) is 19.5 Å². The third-order valence-corrected chi connectivity index (χ3v) is 3.75. The minimum atomic E-state index is -0.327. The lowest BCUT2D eigenvalue weighted by Gasteiger charge is -2.24. The first-order valence-electron chi connectivity index (χ1n) is 6.59. The van der Waals surface area contributed by atoms with Crippen molar-refractivity contribution in [2.24, 2.45) is 5.73 Å². The molecule has 0 aromatic heterocycles. The predicted octanol–water partition coefficient (Wildman–Crippen LogP) is 1.52. The van der Waals surface area contributed by atoms with Gasteiger partial charge in [0.1, 0.15) is 10.8 Å². The summed E-state index contributed by atoms with van der Waals surface area (Å²) in [7, 11) is 0. The molecule has 1 aromatic rings. The Morgan fingerprint density at radius 3 is 2.65 bits per heavy atom. The molecule has 1 heterocycles. The highest BCUT2D eigenvalue weighted by Gasteiger charge is 2.19. The number of carbonyl (C=O) groups is 1. The Bertz CT molecular complexity index is 535. The topological polar surface area (TPSA) is 49.6 Å². The van der Waals surface area contributed by atoms with Crippen LogP contribution in [0.25, 0.3) is 0 Å². The number of amides is 1. The van der Waals surface area contributed by atoms with Crippen molar-refractivity contribution in [3.63, 3.8) is 0 Å². The molecule has 0 atom stereocenters. The van der Waals surface area contributed by atoms with Crippen LogP contribution in [-0.2, 0) is 4.79 Å². The van der Waals surface area contributed by atoms with Gasteiger partial charge in [0.05, 0.1) is 5.69 Å². The number of hydrogen-bond acceptors (Lipinski definition) is 3. The predicted molar refractivity (Wildman–Crippen MR) is 81.4 cm³/mol. The largest absolute Gasteiger partial charge is 0.389 e. The molecule has 20 heavy (non-hydrogen) atoms. The molecule has 0 unspecified atom stereocenters. The molecule has 6 heteroatoms. The van der Waals surface area contributed by atoms with Crippen LogP contribution in [0.2, 0.25) is 0 Å². The van der Waals surface area contributed by atoms with E-state index in [1.165, 1.54) is 6.07 Å². The third kappa shape index (κ3) is 3.25. The Kier molecular flexibility index (Phi) is 4.54. The summed E-state index contributed by atoms with van der Waals surface area (Å²) in [6, 6.07) is 4.80. The van der Waals surface area contributed by atoms with Crippen molar-refractivity contribution in [3.05, 3.63) is 29.6 Å². The Morgan fingerprint density at radius 2 is 2.05 bits per heavy atom. The van der Waals surface area contributed by atoms with E-state index in [2.05, 4.69) is 0 Å². The molecule has 1 aliphatic heterocycles. The molecule has 0 radical (unpaired) electrons. The molecule has 1 aliphatic rings.